The highest BCUT2D eigenvalue weighted by Crippen LogP contribution is 2.24. The van der Waals surface area contributed by atoms with Gasteiger partial charge in [-0.25, -0.2) is 13.6 Å². The monoisotopic (exact) mass is 716 g/mol. The molecule has 0 aromatic heterocycles. The quantitative estimate of drug-likeness (QED) is 0.247. The van der Waals surface area contributed by atoms with Crippen molar-refractivity contribution in [3.63, 3.8) is 0 Å². The van der Waals surface area contributed by atoms with E-state index in [2.05, 4.69) is 21.3 Å². The number of sulfonamides is 1. The van der Waals surface area contributed by atoms with Crippen LogP contribution in [0.5, 0.6) is 11.5 Å². The molecule has 0 bridgehead atoms. The standard InChI is InChI=1S/C34H48N6O9S/c1-19(2)14-26-33(44)38-27(15-22-8-10-23(48-6)11-9-22)32(43)36-21(5)31(42)39-28(20(3)4)17-40(18-30(41)37-26)34(45)25-16-24(50(35,46)47)12-13-29(25)49-7/h8-13,16,19-21,26-28H,14-15,17-18H2,1-7H3,(H,36,43)(H,37,41)(H,38,44)(H,39,42)(H2,35,46,47)/t21-,26+,27+,28-/m1/s1. The number of carbonyl (C=O) groups excluding carboxylic acids is 5. The molecule has 0 aliphatic carbocycles. The molecule has 0 saturated carbocycles. The number of primary sulfonamides is 1. The Kier molecular flexibility index (Phi) is 13.7. The van der Waals surface area contributed by atoms with Gasteiger partial charge in [0.25, 0.3) is 5.91 Å². The van der Waals surface area contributed by atoms with Crippen LogP contribution in [0.3, 0.4) is 0 Å². The zero-order chi connectivity index (χ0) is 37.3. The average molecular weight is 717 g/mol. The van der Waals surface area contributed by atoms with Gasteiger partial charge in [-0.2, -0.15) is 0 Å². The van der Waals surface area contributed by atoms with Gasteiger partial charge in [0.05, 0.1) is 31.2 Å². The van der Waals surface area contributed by atoms with Crippen molar-refractivity contribution in [3.8, 4) is 11.5 Å². The van der Waals surface area contributed by atoms with Gasteiger partial charge in [-0.05, 0) is 61.1 Å². The van der Waals surface area contributed by atoms with Crippen molar-refractivity contribution in [1.82, 2.24) is 26.2 Å². The Morgan fingerprint density at radius 2 is 1.52 bits per heavy atom. The van der Waals surface area contributed by atoms with Crippen molar-refractivity contribution < 1.29 is 41.9 Å². The fourth-order valence-electron chi connectivity index (χ4n) is 5.36. The van der Waals surface area contributed by atoms with E-state index in [0.717, 1.165) is 11.0 Å². The van der Waals surface area contributed by atoms with Crippen LogP contribution in [-0.2, 0) is 35.6 Å². The Morgan fingerprint density at radius 3 is 2.08 bits per heavy atom. The fourth-order valence-corrected chi connectivity index (χ4v) is 5.90. The van der Waals surface area contributed by atoms with E-state index in [9.17, 15) is 32.4 Å². The first-order valence-corrected chi connectivity index (χ1v) is 17.8. The number of hydrogen-bond donors (Lipinski definition) is 5. The summed E-state index contributed by atoms with van der Waals surface area (Å²) >= 11 is 0. The van der Waals surface area contributed by atoms with Gasteiger partial charge in [-0.15, -0.1) is 0 Å². The van der Waals surface area contributed by atoms with Gasteiger partial charge >= 0.3 is 0 Å². The average Bonchev–Trinajstić information content (AvgIpc) is 3.05. The van der Waals surface area contributed by atoms with Gasteiger partial charge in [0.15, 0.2) is 0 Å². The predicted octanol–water partition coefficient (Wildman–Crippen LogP) is 0.711. The highest BCUT2D eigenvalue weighted by atomic mass is 32.2. The minimum Gasteiger partial charge on any atom is -0.497 e. The lowest BCUT2D eigenvalue weighted by atomic mass is 10.0. The Bertz CT molecular complexity index is 1660. The summed E-state index contributed by atoms with van der Waals surface area (Å²) in [6, 6.07) is 6.50. The molecule has 1 heterocycles. The number of nitrogens with two attached hydrogens (primary N) is 1. The Labute approximate surface area is 293 Å². The molecule has 2 aromatic carbocycles. The lowest BCUT2D eigenvalue weighted by Crippen LogP contribution is -2.57. The van der Waals surface area contributed by atoms with Crippen molar-refractivity contribution in [1.29, 1.82) is 0 Å². The van der Waals surface area contributed by atoms with Gasteiger partial charge in [0, 0.05) is 19.0 Å². The summed E-state index contributed by atoms with van der Waals surface area (Å²) in [5, 5.41) is 16.4. The molecule has 50 heavy (non-hydrogen) atoms. The normalized spacial score (nSPS) is 21.4. The number of benzene rings is 2. The highest BCUT2D eigenvalue weighted by molar-refractivity contribution is 7.89. The van der Waals surface area contributed by atoms with Gasteiger partial charge in [-0.1, -0.05) is 39.8 Å². The Hall–Kier alpha value is -4.70. The molecule has 0 spiro atoms. The second-order valence-electron chi connectivity index (χ2n) is 13.0. The van der Waals surface area contributed by atoms with Crippen LogP contribution in [0, 0.1) is 11.8 Å². The first-order valence-electron chi connectivity index (χ1n) is 16.3. The highest BCUT2D eigenvalue weighted by Gasteiger charge is 2.33. The summed E-state index contributed by atoms with van der Waals surface area (Å²) in [7, 11) is -1.39. The molecule has 5 amide bonds. The second-order valence-corrected chi connectivity index (χ2v) is 14.6. The maximum absolute atomic E-state index is 14.1. The lowest BCUT2D eigenvalue weighted by molar-refractivity contribution is -0.133. The summed E-state index contributed by atoms with van der Waals surface area (Å²) in [4.78, 5) is 69.4. The van der Waals surface area contributed by atoms with E-state index >= 15 is 0 Å². The van der Waals surface area contributed by atoms with E-state index in [1.54, 1.807) is 38.1 Å². The second kappa shape index (κ2) is 17.3. The maximum Gasteiger partial charge on any atom is 0.258 e. The van der Waals surface area contributed by atoms with Gasteiger partial charge in [0.1, 0.15) is 29.6 Å². The number of carbonyl (C=O) groups is 5. The van der Waals surface area contributed by atoms with Gasteiger partial charge in [0.2, 0.25) is 33.7 Å². The molecule has 2 aromatic rings. The minimum atomic E-state index is -4.21. The third kappa shape index (κ3) is 10.9. The van der Waals surface area contributed by atoms with Crippen LogP contribution in [-0.4, -0.2) is 94.3 Å². The lowest BCUT2D eigenvalue weighted by Gasteiger charge is -2.31. The van der Waals surface area contributed by atoms with E-state index in [1.165, 1.54) is 33.3 Å². The maximum atomic E-state index is 14.1. The molecule has 1 saturated heterocycles. The van der Waals surface area contributed by atoms with E-state index in [4.69, 9.17) is 14.6 Å². The summed E-state index contributed by atoms with van der Waals surface area (Å²) in [5.74, 6) is -2.98. The zero-order valence-corrected chi connectivity index (χ0v) is 30.3. The van der Waals surface area contributed by atoms with E-state index in [1.807, 2.05) is 13.8 Å². The number of nitrogens with one attached hydrogen (secondary N) is 4. The molecule has 15 nitrogen and oxygen atoms in total. The molecule has 16 heteroatoms. The smallest absolute Gasteiger partial charge is 0.258 e. The van der Waals surface area contributed by atoms with Crippen LogP contribution in [0.2, 0.25) is 0 Å². The topological polar surface area (TPSA) is 215 Å². The van der Waals surface area contributed by atoms with Crippen LogP contribution in [0.1, 0.15) is 57.0 Å². The van der Waals surface area contributed by atoms with Crippen LogP contribution in [0.15, 0.2) is 47.4 Å². The molecule has 3 rings (SSSR count). The van der Waals surface area contributed by atoms with Crippen molar-refractivity contribution >= 4 is 39.6 Å². The minimum absolute atomic E-state index is 0.0279. The molecule has 1 fully saturated rings. The van der Waals surface area contributed by atoms with E-state index in [0.29, 0.717) is 11.3 Å². The largest absolute Gasteiger partial charge is 0.497 e. The third-order valence-electron chi connectivity index (χ3n) is 8.24. The van der Waals surface area contributed by atoms with E-state index in [-0.39, 0.29) is 47.4 Å². The third-order valence-corrected chi connectivity index (χ3v) is 9.15. The number of amides is 5. The van der Waals surface area contributed by atoms with Crippen molar-refractivity contribution in [2.45, 2.75) is 76.5 Å². The summed E-state index contributed by atoms with van der Waals surface area (Å²) < 4.78 is 34.8. The van der Waals surface area contributed by atoms with E-state index < -0.39 is 70.3 Å². The van der Waals surface area contributed by atoms with Crippen LogP contribution >= 0.6 is 0 Å². The summed E-state index contributed by atoms with van der Waals surface area (Å²) in [5.41, 5.74) is 0.527. The number of ether oxygens (including phenoxy) is 2. The van der Waals surface area contributed by atoms with Gasteiger partial charge in [-0.3, -0.25) is 24.0 Å². The molecule has 0 unspecified atom stereocenters. The molecule has 1 aliphatic rings. The Morgan fingerprint density at radius 1 is 0.880 bits per heavy atom. The molecule has 1 aliphatic heterocycles. The summed E-state index contributed by atoms with van der Waals surface area (Å²) in [6.45, 7) is 8.07. The summed E-state index contributed by atoms with van der Waals surface area (Å²) in [6.07, 6.45) is 0.284. The first-order chi connectivity index (χ1) is 23.4. The number of rotatable bonds is 9. The Balaban J connectivity index is 2.07. The van der Waals surface area contributed by atoms with Crippen molar-refractivity contribution in [2.24, 2.45) is 17.0 Å². The molecular formula is C34H48N6O9S. The van der Waals surface area contributed by atoms with Crippen LogP contribution in [0.25, 0.3) is 0 Å². The van der Waals surface area contributed by atoms with Crippen molar-refractivity contribution in [3.05, 3.63) is 53.6 Å². The molecular weight excluding hydrogens is 668 g/mol. The zero-order valence-electron chi connectivity index (χ0n) is 29.4. The number of hydrogen-bond acceptors (Lipinski definition) is 9. The van der Waals surface area contributed by atoms with Crippen molar-refractivity contribution in [2.75, 3.05) is 27.3 Å². The van der Waals surface area contributed by atoms with Crippen LogP contribution in [0.4, 0.5) is 0 Å². The number of nitrogens with zero attached hydrogens (tertiary/aromatic N) is 1. The SMILES string of the molecule is COc1ccc(C[C@@H]2NC(=O)[C@H](CC(C)C)NC(=O)CN(C(=O)c3cc(S(N)(=O)=O)ccc3OC)C[C@H](C(C)C)NC(=O)[C@@H](C)NC2=O)cc1. The van der Waals surface area contributed by atoms with Gasteiger partial charge < -0.3 is 35.6 Å². The molecule has 0 radical (unpaired) electrons. The molecule has 6 N–H and O–H groups in total. The first kappa shape index (κ1) is 39.7. The predicted molar refractivity (Wildman–Crippen MR) is 185 cm³/mol. The molecule has 4 atom stereocenters. The number of methoxy groups -OCH3 is 2. The van der Waals surface area contributed by atoms with Crippen LogP contribution < -0.4 is 35.9 Å². The fraction of sp³-hybridized carbons (Fsp3) is 0.500. The molecule has 274 valence electrons.